The Morgan fingerprint density at radius 3 is 2.83 bits per heavy atom. The number of hydrogen-bond donors (Lipinski definition) is 1. The van der Waals surface area contributed by atoms with Crippen LogP contribution in [0.2, 0.25) is 0 Å². The number of nitrogens with zero attached hydrogens (tertiary/aromatic N) is 2. The second-order valence-electron chi connectivity index (χ2n) is 5.54. The van der Waals surface area contributed by atoms with Gasteiger partial charge in [-0.15, -0.1) is 0 Å². The summed E-state index contributed by atoms with van der Waals surface area (Å²) in [5.41, 5.74) is 0.722. The van der Waals surface area contributed by atoms with Crippen molar-refractivity contribution in [2.45, 2.75) is 57.6 Å². The van der Waals surface area contributed by atoms with Gasteiger partial charge < -0.3 is 9.67 Å². The van der Waals surface area contributed by atoms with Crippen LogP contribution in [0.3, 0.4) is 0 Å². The minimum Gasteiger partial charge on any atom is -0.387 e. The molecule has 2 unspecified atom stereocenters. The van der Waals surface area contributed by atoms with Crippen LogP contribution in [-0.4, -0.2) is 20.6 Å². The van der Waals surface area contributed by atoms with Crippen molar-refractivity contribution in [2.75, 3.05) is 0 Å². The highest BCUT2D eigenvalue weighted by atomic mass is 19.3. The smallest absolute Gasteiger partial charge is 0.248 e. The standard InChI is InChI=1S/C13H20F2N2O/c1-9(2)17-8-16-7-11(17)12(18)5-10-3-4-13(14,15)6-10/h7-10,12,18H,3-6H2,1-2H3. The van der Waals surface area contributed by atoms with E-state index in [0.717, 1.165) is 5.69 Å². The molecule has 5 heteroatoms. The molecule has 102 valence electrons. The van der Waals surface area contributed by atoms with Crippen molar-refractivity contribution >= 4 is 0 Å². The third-order valence-electron chi connectivity index (χ3n) is 3.66. The van der Waals surface area contributed by atoms with E-state index in [1.165, 1.54) is 0 Å². The van der Waals surface area contributed by atoms with Crippen LogP contribution in [0.15, 0.2) is 12.5 Å². The van der Waals surface area contributed by atoms with Crippen molar-refractivity contribution in [3.63, 3.8) is 0 Å². The molecule has 1 aromatic rings. The molecule has 0 aliphatic heterocycles. The second kappa shape index (κ2) is 4.96. The Hall–Kier alpha value is -0.970. The number of alkyl halides is 2. The lowest BCUT2D eigenvalue weighted by atomic mass is 9.98. The molecule has 0 radical (unpaired) electrons. The molecule has 1 fully saturated rings. The molecule has 3 nitrogen and oxygen atoms in total. The highest BCUT2D eigenvalue weighted by Crippen LogP contribution is 2.42. The summed E-state index contributed by atoms with van der Waals surface area (Å²) in [7, 11) is 0. The van der Waals surface area contributed by atoms with E-state index in [1.807, 2.05) is 18.4 Å². The summed E-state index contributed by atoms with van der Waals surface area (Å²) in [4.78, 5) is 4.02. The number of hydrogen-bond acceptors (Lipinski definition) is 2. The zero-order valence-corrected chi connectivity index (χ0v) is 10.8. The predicted octanol–water partition coefficient (Wildman–Crippen LogP) is 3.32. The highest BCUT2D eigenvalue weighted by Gasteiger charge is 2.40. The molecule has 2 atom stereocenters. The Bertz CT molecular complexity index is 403. The Balaban J connectivity index is 2.00. The number of rotatable bonds is 4. The summed E-state index contributed by atoms with van der Waals surface area (Å²) in [6, 6.07) is 0.210. The lowest BCUT2D eigenvalue weighted by molar-refractivity contribution is 0.00236. The number of aliphatic hydroxyl groups excluding tert-OH is 1. The van der Waals surface area contributed by atoms with Gasteiger partial charge in [-0.1, -0.05) is 0 Å². The number of halogens is 2. The first-order valence-corrected chi connectivity index (χ1v) is 6.46. The maximum Gasteiger partial charge on any atom is 0.248 e. The second-order valence-corrected chi connectivity index (χ2v) is 5.54. The molecule has 1 aromatic heterocycles. The fraction of sp³-hybridized carbons (Fsp3) is 0.769. The van der Waals surface area contributed by atoms with Crippen LogP contribution in [0.25, 0.3) is 0 Å². The fourth-order valence-corrected chi connectivity index (χ4v) is 2.68. The van der Waals surface area contributed by atoms with Crippen LogP contribution in [0.1, 0.15) is 57.4 Å². The molecule has 1 aliphatic rings. The molecule has 2 rings (SSSR count). The molecule has 0 amide bonds. The molecule has 1 saturated carbocycles. The molecule has 18 heavy (non-hydrogen) atoms. The van der Waals surface area contributed by atoms with Gasteiger partial charge in [0.15, 0.2) is 0 Å². The van der Waals surface area contributed by atoms with Crippen molar-refractivity contribution in [3.05, 3.63) is 18.2 Å². The fourth-order valence-electron chi connectivity index (χ4n) is 2.68. The van der Waals surface area contributed by atoms with E-state index in [-0.39, 0.29) is 24.8 Å². The van der Waals surface area contributed by atoms with Gasteiger partial charge in [-0.05, 0) is 32.6 Å². The Labute approximate surface area is 106 Å². The van der Waals surface area contributed by atoms with Gasteiger partial charge in [0.25, 0.3) is 0 Å². The highest BCUT2D eigenvalue weighted by molar-refractivity contribution is 5.04. The Morgan fingerprint density at radius 2 is 2.28 bits per heavy atom. The predicted molar refractivity (Wildman–Crippen MR) is 64.5 cm³/mol. The first kappa shape index (κ1) is 13.5. The first-order valence-electron chi connectivity index (χ1n) is 6.46. The molecule has 0 saturated heterocycles. The van der Waals surface area contributed by atoms with Gasteiger partial charge in [-0.2, -0.15) is 0 Å². The number of imidazole rings is 1. The molecule has 0 spiro atoms. The van der Waals surface area contributed by atoms with Gasteiger partial charge in [0.1, 0.15) is 0 Å². The van der Waals surface area contributed by atoms with E-state index < -0.39 is 12.0 Å². The van der Waals surface area contributed by atoms with Crippen molar-refractivity contribution in [1.82, 2.24) is 9.55 Å². The first-order chi connectivity index (χ1) is 8.39. The van der Waals surface area contributed by atoms with Crippen molar-refractivity contribution < 1.29 is 13.9 Å². The number of aliphatic hydroxyl groups is 1. The average molecular weight is 258 g/mol. The van der Waals surface area contributed by atoms with E-state index in [4.69, 9.17) is 0 Å². The molecule has 1 aliphatic carbocycles. The van der Waals surface area contributed by atoms with Crippen LogP contribution in [-0.2, 0) is 0 Å². The molecular formula is C13H20F2N2O. The summed E-state index contributed by atoms with van der Waals surface area (Å²) in [6.07, 6.45) is 3.35. The summed E-state index contributed by atoms with van der Waals surface area (Å²) in [5.74, 6) is -2.63. The maximum atomic E-state index is 13.1. The SMILES string of the molecule is CC(C)n1cncc1C(O)CC1CCC(F)(F)C1. The van der Waals surface area contributed by atoms with Gasteiger partial charge in [-0.25, -0.2) is 13.8 Å². The average Bonchev–Trinajstić information content (AvgIpc) is 2.84. The van der Waals surface area contributed by atoms with E-state index in [2.05, 4.69) is 4.98 Å². The van der Waals surface area contributed by atoms with Crippen molar-refractivity contribution in [1.29, 1.82) is 0 Å². The summed E-state index contributed by atoms with van der Waals surface area (Å²) in [5, 5.41) is 10.2. The zero-order chi connectivity index (χ0) is 13.3. The van der Waals surface area contributed by atoms with Gasteiger partial charge in [0.05, 0.1) is 24.3 Å². The van der Waals surface area contributed by atoms with Gasteiger partial charge >= 0.3 is 0 Å². The normalized spacial score (nSPS) is 24.7. The Kier molecular flexibility index (Phi) is 3.71. The van der Waals surface area contributed by atoms with E-state index in [1.54, 1.807) is 12.5 Å². The van der Waals surface area contributed by atoms with Gasteiger partial charge in [-0.3, -0.25) is 0 Å². The van der Waals surface area contributed by atoms with Crippen molar-refractivity contribution in [2.24, 2.45) is 5.92 Å². The number of aromatic nitrogens is 2. The van der Waals surface area contributed by atoms with Gasteiger partial charge in [0.2, 0.25) is 5.92 Å². The van der Waals surface area contributed by atoms with E-state index in [0.29, 0.717) is 12.8 Å². The van der Waals surface area contributed by atoms with Crippen LogP contribution >= 0.6 is 0 Å². The topological polar surface area (TPSA) is 38.0 Å². The Morgan fingerprint density at radius 1 is 1.56 bits per heavy atom. The van der Waals surface area contributed by atoms with Crippen molar-refractivity contribution in [3.8, 4) is 0 Å². The zero-order valence-electron chi connectivity index (χ0n) is 10.8. The largest absolute Gasteiger partial charge is 0.387 e. The molecule has 1 heterocycles. The molecule has 1 N–H and O–H groups in total. The minimum absolute atomic E-state index is 0.0478. The van der Waals surface area contributed by atoms with E-state index in [9.17, 15) is 13.9 Å². The lowest BCUT2D eigenvalue weighted by Gasteiger charge is -2.19. The van der Waals surface area contributed by atoms with E-state index >= 15 is 0 Å². The van der Waals surface area contributed by atoms with Crippen LogP contribution in [0.5, 0.6) is 0 Å². The molecular weight excluding hydrogens is 238 g/mol. The summed E-state index contributed by atoms with van der Waals surface area (Å²) >= 11 is 0. The van der Waals surface area contributed by atoms with Gasteiger partial charge in [0, 0.05) is 18.9 Å². The van der Waals surface area contributed by atoms with Crippen LogP contribution in [0.4, 0.5) is 8.78 Å². The van der Waals surface area contributed by atoms with Crippen LogP contribution < -0.4 is 0 Å². The monoisotopic (exact) mass is 258 g/mol. The minimum atomic E-state index is -2.54. The quantitative estimate of drug-likeness (QED) is 0.899. The van der Waals surface area contributed by atoms with Crippen LogP contribution in [0, 0.1) is 5.92 Å². The molecule has 0 aromatic carbocycles. The summed E-state index contributed by atoms with van der Waals surface area (Å²) in [6.45, 7) is 4.00. The summed E-state index contributed by atoms with van der Waals surface area (Å²) < 4.78 is 28.1. The lowest BCUT2D eigenvalue weighted by Crippen LogP contribution is -2.14. The molecule has 0 bridgehead atoms. The maximum absolute atomic E-state index is 13.1. The third-order valence-corrected chi connectivity index (χ3v) is 3.66. The third kappa shape index (κ3) is 2.88.